The lowest BCUT2D eigenvalue weighted by molar-refractivity contribution is -0.384. The summed E-state index contributed by atoms with van der Waals surface area (Å²) in [6, 6.07) is 2.89. The van der Waals surface area contributed by atoms with Crippen molar-refractivity contribution in [2.75, 3.05) is 19.8 Å². The highest BCUT2D eigenvalue weighted by Gasteiger charge is 2.34. The molecule has 0 radical (unpaired) electrons. The van der Waals surface area contributed by atoms with Gasteiger partial charge in [0.25, 0.3) is 11.6 Å². The number of nitro benzene ring substituents is 1. The molecule has 1 amide bonds. The summed E-state index contributed by atoms with van der Waals surface area (Å²) < 4.78 is 6.56. The number of carboxylic acids is 1. The second kappa shape index (κ2) is 6.69. The number of rotatable bonds is 4. The zero-order chi connectivity index (χ0) is 18.0. The molecule has 3 rings (SSSR count). The lowest BCUT2D eigenvalue weighted by atomic mass is 10.1. The van der Waals surface area contributed by atoms with Crippen molar-refractivity contribution in [3.05, 3.63) is 52.6 Å². The second-order valence-corrected chi connectivity index (χ2v) is 5.36. The third-order valence-corrected chi connectivity index (χ3v) is 3.88. The first-order valence-corrected chi connectivity index (χ1v) is 7.37. The molecule has 1 saturated heterocycles. The van der Waals surface area contributed by atoms with E-state index in [0.29, 0.717) is 0 Å². The number of hydrogen-bond donors (Lipinski definition) is 1. The Labute approximate surface area is 141 Å². The van der Waals surface area contributed by atoms with Crippen LogP contribution in [-0.2, 0) is 9.53 Å². The monoisotopic (exact) mass is 346 g/mol. The van der Waals surface area contributed by atoms with Gasteiger partial charge in [0.1, 0.15) is 5.69 Å². The number of imidazole rings is 1. The second-order valence-electron chi connectivity index (χ2n) is 5.36. The molecule has 10 nitrogen and oxygen atoms in total. The first kappa shape index (κ1) is 16.6. The van der Waals surface area contributed by atoms with Gasteiger partial charge in [-0.15, -0.1) is 0 Å². The molecule has 1 N–H and O–H groups in total. The number of carboxylic acid groups (broad SMARTS) is 1. The van der Waals surface area contributed by atoms with Gasteiger partial charge >= 0.3 is 5.97 Å². The van der Waals surface area contributed by atoms with Crippen LogP contribution in [-0.4, -0.2) is 62.2 Å². The molecule has 0 bridgehead atoms. The number of amides is 1. The van der Waals surface area contributed by atoms with Gasteiger partial charge in [0.15, 0.2) is 6.04 Å². The van der Waals surface area contributed by atoms with Crippen LogP contribution in [0.15, 0.2) is 36.9 Å². The minimum absolute atomic E-state index is 0.0451. The Morgan fingerprint density at radius 3 is 2.84 bits per heavy atom. The molecular weight excluding hydrogens is 332 g/mol. The van der Waals surface area contributed by atoms with E-state index in [2.05, 4.69) is 4.98 Å². The number of carbonyl (C=O) groups excluding carboxylic acids is 1. The highest BCUT2D eigenvalue weighted by atomic mass is 16.6. The van der Waals surface area contributed by atoms with Crippen molar-refractivity contribution in [1.82, 2.24) is 14.5 Å². The number of aromatic nitrogens is 2. The average molecular weight is 346 g/mol. The van der Waals surface area contributed by atoms with E-state index in [1.54, 1.807) is 6.20 Å². The van der Waals surface area contributed by atoms with Gasteiger partial charge in [0.05, 0.1) is 24.5 Å². The Balaban J connectivity index is 1.97. The quantitative estimate of drug-likeness (QED) is 0.637. The normalized spacial score (nSPS) is 17.3. The topological polar surface area (TPSA) is 128 Å². The van der Waals surface area contributed by atoms with Crippen molar-refractivity contribution in [2.45, 2.75) is 6.04 Å². The smallest absolute Gasteiger partial charge is 0.328 e. The molecule has 1 fully saturated rings. The zero-order valence-electron chi connectivity index (χ0n) is 12.9. The standard InChI is InChI=1S/C15H14N4O6/c20-14(18-5-6-25-8-13(18)15(21)22)10-1-2-11(12(7-10)19(23)24)17-4-3-16-9-17/h1-4,7,9,13H,5-6,8H2,(H,21,22). The molecule has 0 aliphatic carbocycles. The van der Waals surface area contributed by atoms with E-state index in [0.717, 1.165) is 11.0 Å². The van der Waals surface area contributed by atoms with Crippen LogP contribution in [0.4, 0.5) is 5.69 Å². The minimum atomic E-state index is -1.18. The summed E-state index contributed by atoms with van der Waals surface area (Å²) in [5.74, 6) is -1.77. The maximum absolute atomic E-state index is 12.7. The Bertz CT molecular complexity index is 819. The third kappa shape index (κ3) is 3.19. The van der Waals surface area contributed by atoms with E-state index in [1.165, 1.54) is 29.2 Å². The third-order valence-electron chi connectivity index (χ3n) is 3.88. The van der Waals surface area contributed by atoms with Crippen molar-refractivity contribution < 1.29 is 24.4 Å². The highest BCUT2D eigenvalue weighted by molar-refractivity contribution is 5.97. The summed E-state index contributed by atoms with van der Waals surface area (Å²) >= 11 is 0. The lowest BCUT2D eigenvalue weighted by Crippen LogP contribution is -2.52. The maximum Gasteiger partial charge on any atom is 0.328 e. The Kier molecular flexibility index (Phi) is 4.44. The van der Waals surface area contributed by atoms with E-state index in [1.807, 2.05) is 0 Å². The molecule has 1 unspecified atom stereocenters. The van der Waals surface area contributed by atoms with E-state index in [4.69, 9.17) is 4.74 Å². The summed E-state index contributed by atoms with van der Waals surface area (Å²) in [6.45, 7) is 0.202. The molecule has 2 aromatic rings. The van der Waals surface area contributed by atoms with Crippen LogP contribution < -0.4 is 0 Å². The molecule has 10 heteroatoms. The Hall–Kier alpha value is -3.27. The van der Waals surface area contributed by atoms with Crippen LogP contribution in [0.3, 0.4) is 0 Å². The number of carbonyl (C=O) groups is 2. The molecule has 1 aliphatic heterocycles. The van der Waals surface area contributed by atoms with E-state index in [-0.39, 0.29) is 36.7 Å². The number of morpholine rings is 1. The molecule has 2 heterocycles. The van der Waals surface area contributed by atoms with Crippen LogP contribution in [0.2, 0.25) is 0 Å². The number of benzene rings is 1. The van der Waals surface area contributed by atoms with Crippen LogP contribution in [0.5, 0.6) is 0 Å². The molecule has 1 aromatic carbocycles. The summed E-state index contributed by atoms with van der Waals surface area (Å²) in [6.07, 6.45) is 4.44. The van der Waals surface area contributed by atoms with Gasteiger partial charge in [-0.3, -0.25) is 14.9 Å². The molecule has 130 valence electrons. The fraction of sp³-hybridized carbons (Fsp3) is 0.267. The van der Waals surface area contributed by atoms with Gasteiger partial charge in [-0.1, -0.05) is 0 Å². The number of aliphatic carboxylic acids is 1. The van der Waals surface area contributed by atoms with Crippen molar-refractivity contribution >= 4 is 17.6 Å². The molecule has 1 atom stereocenters. The predicted octanol–water partition coefficient (Wildman–Crippen LogP) is 0.706. The molecule has 0 spiro atoms. The SMILES string of the molecule is O=C(O)C1COCCN1C(=O)c1ccc(-n2ccnc2)c([N+](=O)[O-])c1. The summed E-state index contributed by atoms with van der Waals surface area (Å²) in [5, 5.41) is 20.6. The fourth-order valence-corrected chi connectivity index (χ4v) is 2.64. The lowest BCUT2D eigenvalue weighted by Gasteiger charge is -2.32. The van der Waals surface area contributed by atoms with Gasteiger partial charge in [0, 0.05) is 30.6 Å². The number of nitro groups is 1. The first-order chi connectivity index (χ1) is 12.0. The van der Waals surface area contributed by atoms with Gasteiger partial charge in [-0.25, -0.2) is 9.78 Å². The predicted molar refractivity (Wildman–Crippen MR) is 83.5 cm³/mol. The van der Waals surface area contributed by atoms with Crippen LogP contribution in [0.1, 0.15) is 10.4 Å². The van der Waals surface area contributed by atoms with Crippen LogP contribution in [0, 0.1) is 10.1 Å². The van der Waals surface area contributed by atoms with Crippen molar-refractivity contribution in [3.63, 3.8) is 0 Å². The van der Waals surface area contributed by atoms with E-state index >= 15 is 0 Å². The van der Waals surface area contributed by atoms with Crippen molar-refractivity contribution in [3.8, 4) is 5.69 Å². The Morgan fingerprint density at radius 2 is 2.20 bits per heavy atom. The van der Waals surface area contributed by atoms with Gasteiger partial charge in [-0.05, 0) is 12.1 Å². The highest BCUT2D eigenvalue weighted by Crippen LogP contribution is 2.25. The summed E-state index contributed by atoms with van der Waals surface area (Å²) in [4.78, 5) is 39.7. The largest absolute Gasteiger partial charge is 0.480 e. The average Bonchev–Trinajstić information content (AvgIpc) is 3.15. The number of hydrogen-bond acceptors (Lipinski definition) is 6. The molecule has 1 aromatic heterocycles. The molecule has 25 heavy (non-hydrogen) atoms. The number of nitrogens with zero attached hydrogens (tertiary/aromatic N) is 4. The molecule has 0 saturated carbocycles. The number of ether oxygens (including phenoxy) is 1. The van der Waals surface area contributed by atoms with E-state index < -0.39 is 22.8 Å². The van der Waals surface area contributed by atoms with Crippen molar-refractivity contribution in [1.29, 1.82) is 0 Å². The maximum atomic E-state index is 12.7. The molecule has 1 aliphatic rings. The van der Waals surface area contributed by atoms with Crippen LogP contribution in [0.25, 0.3) is 5.69 Å². The van der Waals surface area contributed by atoms with Gasteiger partial charge < -0.3 is 19.3 Å². The minimum Gasteiger partial charge on any atom is -0.480 e. The van der Waals surface area contributed by atoms with Gasteiger partial charge in [0.2, 0.25) is 0 Å². The zero-order valence-corrected chi connectivity index (χ0v) is 12.9. The molecular formula is C15H14N4O6. The first-order valence-electron chi connectivity index (χ1n) is 7.37. The fourth-order valence-electron chi connectivity index (χ4n) is 2.64. The summed E-state index contributed by atoms with van der Waals surface area (Å²) in [5.41, 5.74) is 0.0310. The summed E-state index contributed by atoms with van der Waals surface area (Å²) in [7, 11) is 0. The van der Waals surface area contributed by atoms with Crippen LogP contribution >= 0.6 is 0 Å². The van der Waals surface area contributed by atoms with Gasteiger partial charge in [-0.2, -0.15) is 0 Å². The van der Waals surface area contributed by atoms with Crippen molar-refractivity contribution in [2.24, 2.45) is 0 Å². The van der Waals surface area contributed by atoms with E-state index in [9.17, 15) is 24.8 Å². The Morgan fingerprint density at radius 1 is 1.40 bits per heavy atom.